The molecule has 0 spiro atoms. The number of aryl methyl sites for hydroxylation is 2. The normalized spacial score (nSPS) is 15.0. The molecule has 1 aromatic heterocycles. The molecule has 2 aromatic rings. The van der Waals surface area contributed by atoms with Crippen molar-refractivity contribution in [2.75, 3.05) is 31.6 Å². The number of aromatic nitrogens is 2. The van der Waals surface area contributed by atoms with Gasteiger partial charge in [-0.25, -0.2) is 0 Å². The van der Waals surface area contributed by atoms with E-state index in [1.165, 1.54) is 11.1 Å². The zero-order valence-corrected chi connectivity index (χ0v) is 17.7. The number of piperazine rings is 1. The lowest BCUT2D eigenvalue weighted by molar-refractivity contribution is -0.120. The Labute approximate surface area is 171 Å². The monoisotopic (exact) mass is 468 g/mol. The van der Waals surface area contributed by atoms with E-state index < -0.39 is 0 Å². The molecule has 0 saturated carbocycles. The van der Waals surface area contributed by atoms with E-state index >= 15 is 0 Å². The summed E-state index contributed by atoms with van der Waals surface area (Å²) in [6.45, 7) is 4.44. The Morgan fingerprint density at radius 2 is 2.08 bits per heavy atom. The third kappa shape index (κ3) is 4.54. The molecule has 0 unspecified atom stereocenters. The van der Waals surface area contributed by atoms with E-state index in [9.17, 15) is 4.79 Å². The van der Waals surface area contributed by atoms with Crippen LogP contribution in [0.3, 0.4) is 0 Å². The highest BCUT2D eigenvalue weighted by atomic mass is 127. The van der Waals surface area contributed by atoms with E-state index in [1.807, 2.05) is 30.3 Å². The van der Waals surface area contributed by atoms with Gasteiger partial charge in [-0.1, -0.05) is 24.3 Å². The van der Waals surface area contributed by atoms with E-state index in [2.05, 4.69) is 34.5 Å². The first-order valence-electron chi connectivity index (χ1n) is 8.37. The van der Waals surface area contributed by atoms with Crippen molar-refractivity contribution in [2.45, 2.75) is 13.5 Å². The maximum absolute atomic E-state index is 12.5. The summed E-state index contributed by atoms with van der Waals surface area (Å²) >= 11 is 0. The first-order chi connectivity index (χ1) is 12.1. The summed E-state index contributed by atoms with van der Waals surface area (Å²) in [5, 5.41) is 7.51. The molecule has 1 aliphatic heterocycles. The minimum absolute atomic E-state index is 0. The number of halogens is 1. The van der Waals surface area contributed by atoms with Crippen LogP contribution in [0.15, 0.2) is 41.7 Å². The Morgan fingerprint density at radius 1 is 1.31 bits per heavy atom. The molecule has 1 amide bonds. The molecule has 1 fully saturated rings. The van der Waals surface area contributed by atoms with Crippen LogP contribution in [0.1, 0.15) is 11.1 Å². The summed E-state index contributed by atoms with van der Waals surface area (Å²) in [5.41, 5.74) is 3.31. The van der Waals surface area contributed by atoms with Gasteiger partial charge in [-0.15, -0.1) is 24.0 Å². The molecule has 1 saturated heterocycles. The number of nitrogens with one attached hydrogen (secondary N) is 1. The van der Waals surface area contributed by atoms with Crippen molar-refractivity contribution in [3.05, 3.63) is 47.8 Å². The van der Waals surface area contributed by atoms with E-state index in [4.69, 9.17) is 0 Å². The van der Waals surface area contributed by atoms with Gasteiger partial charge in [0.1, 0.15) is 6.54 Å². The van der Waals surface area contributed by atoms with Gasteiger partial charge < -0.3 is 15.1 Å². The average Bonchev–Trinajstić information content (AvgIpc) is 3.03. The molecule has 0 aliphatic carbocycles. The second-order valence-electron chi connectivity index (χ2n) is 6.17. The van der Waals surface area contributed by atoms with E-state index in [-0.39, 0.29) is 29.9 Å². The van der Waals surface area contributed by atoms with E-state index in [0.29, 0.717) is 19.6 Å². The van der Waals surface area contributed by atoms with Gasteiger partial charge in [0, 0.05) is 39.9 Å². The van der Waals surface area contributed by atoms with Crippen LogP contribution >= 0.6 is 24.0 Å². The third-order valence-electron chi connectivity index (χ3n) is 4.43. The van der Waals surface area contributed by atoms with Gasteiger partial charge in [-0.2, -0.15) is 5.10 Å². The zero-order valence-electron chi connectivity index (χ0n) is 15.3. The van der Waals surface area contributed by atoms with Crippen LogP contribution in [-0.4, -0.2) is 53.2 Å². The summed E-state index contributed by atoms with van der Waals surface area (Å²) < 4.78 is 1.71. The van der Waals surface area contributed by atoms with Crippen LogP contribution < -0.4 is 10.2 Å². The van der Waals surface area contributed by atoms with Crippen molar-refractivity contribution in [3.63, 3.8) is 0 Å². The van der Waals surface area contributed by atoms with Crippen molar-refractivity contribution in [1.82, 2.24) is 20.0 Å². The van der Waals surface area contributed by atoms with Crippen LogP contribution in [0.4, 0.5) is 5.69 Å². The molecule has 0 bridgehead atoms. The van der Waals surface area contributed by atoms with Crippen molar-refractivity contribution in [2.24, 2.45) is 12.0 Å². The Hall–Kier alpha value is -2.10. The number of carbonyl (C=O) groups is 1. The Bertz CT molecular complexity index is 787. The highest BCUT2D eigenvalue weighted by molar-refractivity contribution is 14.0. The highest BCUT2D eigenvalue weighted by Gasteiger charge is 2.27. The summed E-state index contributed by atoms with van der Waals surface area (Å²) in [6.07, 6.45) is 3.58. The Morgan fingerprint density at radius 3 is 2.69 bits per heavy atom. The third-order valence-corrected chi connectivity index (χ3v) is 4.43. The van der Waals surface area contributed by atoms with Crippen molar-refractivity contribution >= 4 is 41.5 Å². The summed E-state index contributed by atoms with van der Waals surface area (Å²) in [4.78, 5) is 20.6. The molecule has 1 aliphatic rings. The quantitative estimate of drug-likeness (QED) is 0.424. The maximum Gasteiger partial charge on any atom is 0.246 e. The number of carbonyl (C=O) groups excluding carboxylic acids is 1. The average molecular weight is 468 g/mol. The molecule has 0 atom stereocenters. The number of nitrogens with zero attached hydrogens (tertiary/aromatic N) is 5. The number of hydrogen-bond donors (Lipinski definition) is 1. The number of guanidine groups is 1. The molecule has 26 heavy (non-hydrogen) atoms. The summed E-state index contributed by atoms with van der Waals surface area (Å²) in [5.74, 6) is 0.806. The van der Waals surface area contributed by atoms with Crippen LogP contribution in [0.5, 0.6) is 0 Å². The second-order valence-corrected chi connectivity index (χ2v) is 6.17. The largest absolute Gasteiger partial charge is 0.352 e. The molecule has 7 nitrogen and oxygen atoms in total. The molecule has 2 heterocycles. The lowest BCUT2D eigenvalue weighted by Crippen LogP contribution is -2.55. The standard InChI is InChI=1S/C18H24N6O.HI/c1-14-6-4-5-7-15(14)10-20-18(19-2)23-8-9-24(17(25)13-23)16-11-21-22(3)12-16;/h4-7,11-12H,8-10,13H2,1-3H3,(H,19,20);1H. The molecule has 8 heteroatoms. The predicted molar refractivity (Wildman–Crippen MR) is 114 cm³/mol. The van der Waals surface area contributed by atoms with Crippen LogP contribution in [0.2, 0.25) is 0 Å². The molecule has 0 radical (unpaired) electrons. The number of amides is 1. The fourth-order valence-corrected chi connectivity index (χ4v) is 2.99. The van der Waals surface area contributed by atoms with Gasteiger partial charge in [0.25, 0.3) is 0 Å². The molecule has 140 valence electrons. The van der Waals surface area contributed by atoms with E-state index in [0.717, 1.165) is 18.2 Å². The van der Waals surface area contributed by atoms with Crippen LogP contribution in [0, 0.1) is 6.92 Å². The Balaban J connectivity index is 0.00000243. The molecule has 1 N–H and O–H groups in total. The van der Waals surface area contributed by atoms with Gasteiger partial charge >= 0.3 is 0 Å². The maximum atomic E-state index is 12.5. The number of benzene rings is 1. The zero-order chi connectivity index (χ0) is 17.8. The predicted octanol–water partition coefficient (Wildman–Crippen LogP) is 1.77. The van der Waals surface area contributed by atoms with Gasteiger partial charge in [0.2, 0.25) is 5.91 Å². The minimum Gasteiger partial charge on any atom is -0.352 e. The van der Waals surface area contributed by atoms with Crippen LogP contribution in [0.25, 0.3) is 0 Å². The lowest BCUT2D eigenvalue weighted by Gasteiger charge is -2.35. The van der Waals surface area contributed by atoms with Crippen molar-refractivity contribution in [3.8, 4) is 0 Å². The fourth-order valence-electron chi connectivity index (χ4n) is 2.99. The fraction of sp³-hybridized carbons (Fsp3) is 0.389. The van der Waals surface area contributed by atoms with Crippen LogP contribution in [-0.2, 0) is 18.4 Å². The van der Waals surface area contributed by atoms with E-state index in [1.54, 1.807) is 22.8 Å². The molecular weight excluding hydrogens is 443 g/mol. The SMILES string of the molecule is CN=C(NCc1ccccc1C)N1CCN(c2cnn(C)c2)C(=O)C1.I. The first kappa shape index (κ1) is 20.2. The summed E-state index contributed by atoms with van der Waals surface area (Å²) in [7, 11) is 3.60. The van der Waals surface area contributed by atoms with Gasteiger partial charge in [0.05, 0.1) is 11.9 Å². The number of hydrogen-bond acceptors (Lipinski definition) is 3. The molecule has 3 rings (SSSR count). The number of anilines is 1. The van der Waals surface area contributed by atoms with Gasteiger partial charge in [-0.3, -0.25) is 14.5 Å². The number of rotatable bonds is 3. The van der Waals surface area contributed by atoms with Gasteiger partial charge in [-0.05, 0) is 18.1 Å². The highest BCUT2D eigenvalue weighted by Crippen LogP contribution is 2.16. The molecule has 1 aromatic carbocycles. The first-order valence-corrected chi connectivity index (χ1v) is 8.37. The topological polar surface area (TPSA) is 65.8 Å². The smallest absolute Gasteiger partial charge is 0.246 e. The van der Waals surface area contributed by atoms with Gasteiger partial charge in [0.15, 0.2) is 5.96 Å². The Kier molecular flexibility index (Phi) is 7.01. The lowest BCUT2D eigenvalue weighted by atomic mass is 10.1. The number of aliphatic imine (C=N–C) groups is 1. The summed E-state index contributed by atoms with van der Waals surface area (Å²) in [6, 6.07) is 8.25. The molecular formula is C18H25IN6O. The van der Waals surface area contributed by atoms with Crippen molar-refractivity contribution in [1.29, 1.82) is 0 Å². The van der Waals surface area contributed by atoms with Crippen molar-refractivity contribution < 1.29 is 4.79 Å². The second kappa shape index (κ2) is 9.02. The minimum atomic E-state index is 0.